The van der Waals surface area contributed by atoms with E-state index >= 15 is 0 Å². The molecule has 2 aliphatic rings. The molecule has 5 heteroatoms. The van der Waals surface area contributed by atoms with Crippen LogP contribution in [0.5, 0.6) is 0 Å². The Morgan fingerprint density at radius 3 is 2.80 bits per heavy atom. The zero-order valence-electron chi connectivity index (χ0n) is 11.6. The number of hydrogen-bond donors (Lipinski definition) is 1. The summed E-state index contributed by atoms with van der Waals surface area (Å²) in [5.41, 5.74) is 0.427. The zero-order chi connectivity index (χ0) is 14.2. The first-order valence-electron chi connectivity index (χ1n) is 7.05. The number of nitrogens with one attached hydrogen (secondary N) is 1. The maximum atomic E-state index is 12.2. The van der Waals surface area contributed by atoms with Crippen LogP contribution in [0.4, 0.5) is 10.5 Å². The fraction of sp³-hybridized carbons (Fsp3) is 0.533. The number of cyclic esters (lactones) is 1. The van der Waals surface area contributed by atoms with E-state index in [0.29, 0.717) is 17.5 Å². The third-order valence-corrected chi connectivity index (χ3v) is 4.56. The summed E-state index contributed by atoms with van der Waals surface area (Å²) in [6.45, 7) is 4.61. The van der Waals surface area contributed by atoms with Gasteiger partial charge in [-0.2, -0.15) is 0 Å². The van der Waals surface area contributed by atoms with Gasteiger partial charge in [-0.15, -0.1) is 0 Å². The first-order valence-corrected chi connectivity index (χ1v) is 7.43. The summed E-state index contributed by atoms with van der Waals surface area (Å²) in [6, 6.07) is 7.30. The van der Waals surface area contributed by atoms with Crippen molar-refractivity contribution >= 4 is 23.4 Å². The molecule has 1 aromatic carbocycles. The van der Waals surface area contributed by atoms with E-state index in [4.69, 9.17) is 16.3 Å². The Hall–Kier alpha value is -1.26. The predicted octanol–water partition coefficient (Wildman–Crippen LogP) is 3.05. The highest BCUT2D eigenvalue weighted by atomic mass is 35.5. The van der Waals surface area contributed by atoms with E-state index in [2.05, 4.69) is 5.32 Å². The van der Waals surface area contributed by atoms with E-state index in [0.717, 1.165) is 31.6 Å². The van der Waals surface area contributed by atoms with Crippen LogP contribution in [-0.4, -0.2) is 31.3 Å². The number of amides is 1. The van der Waals surface area contributed by atoms with Crippen LogP contribution in [0.2, 0.25) is 5.02 Å². The Morgan fingerprint density at radius 2 is 2.15 bits per heavy atom. The number of piperidine rings is 1. The number of hydrogen-bond acceptors (Lipinski definition) is 3. The highest BCUT2D eigenvalue weighted by Crippen LogP contribution is 2.36. The molecule has 4 nitrogen and oxygen atoms in total. The Kier molecular flexibility index (Phi) is 3.61. The fourth-order valence-electron chi connectivity index (χ4n) is 3.07. The standard InChI is InChI=1S/C15H19ClN2O2/c1-15(11-3-2-8-17-9-11)10-18(14(19)20-15)13-6-4-12(16)5-7-13/h4-7,11,17H,2-3,8-10H2,1H3. The summed E-state index contributed by atoms with van der Waals surface area (Å²) >= 11 is 5.89. The second-order valence-electron chi connectivity index (χ2n) is 5.79. The molecule has 3 rings (SSSR count). The number of carbonyl (C=O) groups is 1. The molecule has 2 unspecified atom stereocenters. The Labute approximate surface area is 124 Å². The van der Waals surface area contributed by atoms with E-state index in [1.807, 2.05) is 19.1 Å². The van der Waals surface area contributed by atoms with Crippen LogP contribution in [0, 0.1) is 5.92 Å². The topological polar surface area (TPSA) is 41.6 Å². The van der Waals surface area contributed by atoms with Crippen LogP contribution in [-0.2, 0) is 4.74 Å². The minimum Gasteiger partial charge on any atom is -0.441 e. The monoisotopic (exact) mass is 294 g/mol. The fourth-order valence-corrected chi connectivity index (χ4v) is 3.19. The number of anilines is 1. The van der Waals surface area contributed by atoms with Gasteiger partial charge in [0.2, 0.25) is 0 Å². The average molecular weight is 295 g/mol. The molecule has 1 N–H and O–H groups in total. The molecular formula is C15H19ClN2O2. The molecule has 0 radical (unpaired) electrons. The van der Waals surface area contributed by atoms with Crippen LogP contribution in [0.1, 0.15) is 19.8 Å². The number of rotatable bonds is 2. The maximum Gasteiger partial charge on any atom is 0.415 e. The zero-order valence-corrected chi connectivity index (χ0v) is 12.3. The van der Waals surface area contributed by atoms with Gasteiger partial charge in [0.1, 0.15) is 5.60 Å². The van der Waals surface area contributed by atoms with Crippen molar-refractivity contribution in [2.45, 2.75) is 25.4 Å². The Balaban J connectivity index is 1.78. The Morgan fingerprint density at radius 1 is 1.40 bits per heavy atom. The quantitative estimate of drug-likeness (QED) is 0.911. The third-order valence-electron chi connectivity index (χ3n) is 4.31. The number of carbonyl (C=O) groups excluding carboxylic acids is 1. The second-order valence-corrected chi connectivity index (χ2v) is 6.22. The lowest BCUT2D eigenvalue weighted by molar-refractivity contribution is 0.0123. The summed E-state index contributed by atoms with van der Waals surface area (Å²) in [4.78, 5) is 13.9. The van der Waals surface area contributed by atoms with Gasteiger partial charge in [-0.3, -0.25) is 4.90 Å². The summed E-state index contributed by atoms with van der Waals surface area (Å²) in [7, 11) is 0. The number of nitrogens with zero attached hydrogens (tertiary/aromatic N) is 1. The van der Waals surface area contributed by atoms with Crippen molar-refractivity contribution in [3.05, 3.63) is 29.3 Å². The molecule has 2 saturated heterocycles. The molecule has 0 aromatic heterocycles. The van der Waals surface area contributed by atoms with Crippen LogP contribution in [0.15, 0.2) is 24.3 Å². The van der Waals surface area contributed by atoms with Crippen molar-refractivity contribution < 1.29 is 9.53 Å². The summed E-state index contributed by atoms with van der Waals surface area (Å²) in [5.74, 6) is 0.373. The van der Waals surface area contributed by atoms with Gasteiger partial charge in [-0.1, -0.05) is 11.6 Å². The molecule has 1 amide bonds. The minimum atomic E-state index is -0.413. The Bertz CT molecular complexity index is 499. The summed E-state index contributed by atoms with van der Waals surface area (Å²) in [6.07, 6.45) is 1.98. The van der Waals surface area contributed by atoms with Gasteiger partial charge >= 0.3 is 6.09 Å². The van der Waals surface area contributed by atoms with E-state index in [1.165, 1.54) is 0 Å². The third kappa shape index (κ3) is 2.50. The van der Waals surface area contributed by atoms with Gasteiger partial charge in [-0.05, 0) is 50.6 Å². The van der Waals surface area contributed by atoms with Gasteiger partial charge in [0.15, 0.2) is 0 Å². The first-order chi connectivity index (χ1) is 9.58. The number of ether oxygens (including phenoxy) is 1. The summed E-state index contributed by atoms with van der Waals surface area (Å²) in [5, 5.41) is 4.05. The smallest absolute Gasteiger partial charge is 0.415 e. The lowest BCUT2D eigenvalue weighted by Crippen LogP contribution is -2.46. The van der Waals surface area contributed by atoms with Gasteiger partial charge in [0.05, 0.1) is 6.54 Å². The highest BCUT2D eigenvalue weighted by Gasteiger charge is 2.47. The molecule has 2 aliphatic heterocycles. The molecule has 0 aliphatic carbocycles. The molecule has 2 heterocycles. The van der Waals surface area contributed by atoms with Gasteiger partial charge in [0.25, 0.3) is 0 Å². The van der Waals surface area contributed by atoms with Crippen molar-refractivity contribution in [3.8, 4) is 0 Å². The minimum absolute atomic E-state index is 0.264. The van der Waals surface area contributed by atoms with Gasteiger partial charge in [-0.25, -0.2) is 4.79 Å². The second kappa shape index (κ2) is 5.26. The normalized spacial score (nSPS) is 30.4. The van der Waals surface area contributed by atoms with Crippen molar-refractivity contribution in [1.82, 2.24) is 5.32 Å². The molecule has 2 fully saturated rings. The van der Waals surface area contributed by atoms with E-state index in [1.54, 1.807) is 17.0 Å². The lowest BCUT2D eigenvalue weighted by Gasteiger charge is -2.34. The van der Waals surface area contributed by atoms with Gasteiger partial charge in [0, 0.05) is 23.2 Å². The predicted molar refractivity (Wildman–Crippen MR) is 79.3 cm³/mol. The van der Waals surface area contributed by atoms with Crippen LogP contribution < -0.4 is 10.2 Å². The molecule has 2 atom stereocenters. The number of halogens is 1. The highest BCUT2D eigenvalue weighted by molar-refractivity contribution is 6.30. The molecule has 0 saturated carbocycles. The average Bonchev–Trinajstić information content (AvgIpc) is 2.77. The van der Waals surface area contributed by atoms with E-state index in [9.17, 15) is 4.79 Å². The number of benzene rings is 1. The van der Waals surface area contributed by atoms with Crippen molar-refractivity contribution in [3.63, 3.8) is 0 Å². The first kappa shape index (κ1) is 13.7. The molecule has 0 spiro atoms. The van der Waals surface area contributed by atoms with Crippen LogP contribution >= 0.6 is 11.6 Å². The SMILES string of the molecule is CC1(C2CCCNC2)CN(c2ccc(Cl)cc2)C(=O)O1. The van der Waals surface area contributed by atoms with Crippen molar-refractivity contribution in [2.75, 3.05) is 24.5 Å². The van der Waals surface area contributed by atoms with Crippen molar-refractivity contribution in [2.24, 2.45) is 5.92 Å². The molecule has 0 bridgehead atoms. The molecule has 108 valence electrons. The molecule has 20 heavy (non-hydrogen) atoms. The van der Waals surface area contributed by atoms with E-state index < -0.39 is 5.60 Å². The van der Waals surface area contributed by atoms with E-state index in [-0.39, 0.29) is 6.09 Å². The summed E-state index contributed by atoms with van der Waals surface area (Å²) < 4.78 is 5.70. The van der Waals surface area contributed by atoms with Gasteiger partial charge < -0.3 is 10.1 Å². The van der Waals surface area contributed by atoms with Crippen molar-refractivity contribution in [1.29, 1.82) is 0 Å². The largest absolute Gasteiger partial charge is 0.441 e. The molecular weight excluding hydrogens is 276 g/mol. The van der Waals surface area contributed by atoms with Crippen LogP contribution in [0.25, 0.3) is 0 Å². The maximum absolute atomic E-state index is 12.2. The lowest BCUT2D eigenvalue weighted by atomic mass is 9.83. The molecule has 1 aromatic rings. The van der Waals surface area contributed by atoms with Crippen LogP contribution in [0.3, 0.4) is 0 Å².